The van der Waals surface area contributed by atoms with Crippen molar-refractivity contribution >= 4 is 23.4 Å². The van der Waals surface area contributed by atoms with E-state index < -0.39 is 23.6 Å². The first kappa shape index (κ1) is 15.6. The molecule has 1 rings (SSSR count). The molecule has 0 saturated carbocycles. The van der Waals surface area contributed by atoms with Crippen LogP contribution < -0.4 is 4.90 Å². The van der Waals surface area contributed by atoms with Gasteiger partial charge in [0.1, 0.15) is 5.82 Å². The van der Waals surface area contributed by atoms with Crippen molar-refractivity contribution in [3.63, 3.8) is 0 Å². The van der Waals surface area contributed by atoms with Crippen LogP contribution in [0.3, 0.4) is 0 Å². The first-order valence-electron chi connectivity index (χ1n) is 5.29. The molecule has 0 fully saturated rings. The van der Waals surface area contributed by atoms with Gasteiger partial charge in [0.2, 0.25) is 0 Å². The van der Waals surface area contributed by atoms with Crippen LogP contribution in [0.2, 0.25) is 5.02 Å². The Labute approximate surface area is 112 Å². The molecule has 0 saturated heterocycles. The van der Waals surface area contributed by atoms with E-state index in [1.54, 1.807) is 0 Å². The van der Waals surface area contributed by atoms with E-state index in [0.29, 0.717) is 6.20 Å². The lowest BCUT2D eigenvalue weighted by Crippen LogP contribution is -2.29. The third kappa shape index (κ3) is 3.99. The van der Waals surface area contributed by atoms with Gasteiger partial charge in [0.15, 0.2) is 0 Å². The highest BCUT2D eigenvalue weighted by Gasteiger charge is 2.32. The summed E-state index contributed by atoms with van der Waals surface area (Å²) in [4.78, 5) is 15.7. The molecule has 1 aromatic heterocycles. The Hall–Kier alpha value is -1.50. The number of halogens is 4. The van der Waals surface area contributed by atoms with Gasteiger partial charge in [0, 0.05) is 19.8 Å². The zero-order chi connectivity index (χ0) is 14.8. The summed E-state index contributed by atoms with van der Waals surface area (Å²) in [6.07, 6.45) is -3.84. The highest BCUT2D eigenvalue weighted by molar-refractivity contribution is 6.33. The van der Waals surface area contributed by atoms with Crippen LogP contribution >= 0.6 is 11.6 Å². The largest absolute Gasteiger partial charge is 0.481 e. The maximum Gasteiger partial charge on any atom is 0.417 e. The standard InChI is InChI=1S/C11H12ClF3N2O2/c1-6(10(18)19)5-17(2)9-8(12)3-7(4-16-9)11(13,14)15/h3-4,6H,5H2,1-2H3,(H,18,19). The summed E-state index contributed by atoms with van der Waals surface area (Å²) in [6.45, 7) is 1.57. The van der Waals surface area contributed by atoms with Crippen LogP contribution in [0.15, 0.2) is 12.3 Å². The summed E-state index contributed by atoms with van der Waals surface area (Å²) in [5.74, 6) is -1.58. The predicted octanol–water partition coefficient (Wildman–Crippen LogP) is 2.91. The number of carboxylic acids is 1. The number of aliphatic carboxylic acids is 1. The molecule has 0 radical (unpaired) electrons. The van der Waals surface area contributed by atoms with Crippen molar-refractivity contribution in [2.45, 2.75) is 13.1 Å². The fourth-order valence-electron chi connectivity index (χ4n) is 1.44. The van der Waals surface area contributed by atoms with Crippen LogP contribution in [-0.4, -0.2) is 29.7 Å². The highest BCUT2D eigenvalue weighted by atomic mass is 35.5. The SMILES string of the molecule is CC(CN(C)c1ncc(C(F)(F)F)cc1Cl)C(=O)O. The molecule has 0 amide bonds. The molecule has 1 atom stereocenters. The van der Waals surface area contributed by atoms with Gasteiger partial charge in [0.25, 0.3) is 0 Å². The monoisotopic (exact) mass is 296 g/mol. The Balaban J connectivity index is 2.94. The minimum absolute atomic E-state index is 0.0907. The summed E-state index contributed by atoms with van der Waals surface area (Å²) in [5, 5.41) is 8.60. The van der Waals surface area contributed by atoms with E-state index in [9.17, 15) is 18.0 Å². The average Bonchev–Trinajstić information content (AvgIpc) is 2.27. The number of pyridine rings is 1. The van der Waals surface area contributed by atoms with E-state index in [2.05, 4.69) is 4.98 Å². The molecule has 0 aliphatic heterocycles. The number of aromatic nitrogens is 1. The van der Waals surface area contributed by atoms with Gasteiger partial charge in [0.05, 0.1) is 16.5 Å². The molecule has 1 heterocycles. The molecule has 106 valence electrons. The quantitative estimate of drug-likeness (QED) is 0.928. The van der Waals surface area contributed by atoms with Gasteiger partial charge >= 0.3 is 12.1 Å². The third-order valence-corrected chi connectivity index (χ3v) is 2.76. The Bertz CT molecular complexity index is 479. The normalized spacial score (nSPS) is 13.2. The summed E-state index contributed by atoms with van der Waals surface area (Å²) < 4.78 is 37.3. The van der Waals surface area contributed by atoms with E-state index in [-0.39, 0.29) is 17.4 Å². The summed E-state index contributed by atoms with van der Waals surface area (Å²) in [6, 6.07) is 0.770. The second-order valence-electron chi connectivity index (χ2n) is 4.15. The van der Waals surface area contributed by atoms with E-state index >= 15 is 0 Å². The maximum atomic E-state index is 12.4. The number of anilines is 1. The van der Waals surface area contributed by atoms with E-state index in [0.717, 1.165) is 6.07 Å². The Kier molecular flexibility index (Phi) is 4.62. The molecule has 0 bridgehead atoms. The molecule has 1 unspecified atom stereocenters. The summed E-state index contributed by atoms with van der Waals surface area (Å²) in [5.41, 5.74) is -0.944. The molecule has 1 N–H and O–H groups in total. The zero-order valence-corrected chi connectivity index (χ0v) is 11.0. The molecular formula is C11H12ClF3N2O2. The molecule has 0 spiro atoms. The molecule has 19 heavy (non-hydrogen) atoms. The molecular weight excluding hydrogens is 285 g/mol. The van der Waals surface area contributed by atoms with Crippen molar-refractivity contribution < 1.29 is 23.1 Å². The Morgan fingerprint density at radius 1 is 1.58 bits per heavy atom. The lowest BCUT2D eigenvalue weighted by atomic mass is 10.2. The van der Waals surface area contributed by atoms with Gasteiger partial charge in [-0.1, -0.05) is 18.5 Å². The van der Waals surface area contributed by atoms with Gasteiger partial charge in [-0.3, -0.25) is 4.79 Å². The van der Waals surface area contributed by atoms with Crippen LogP contribution in [0.25, 0.3) is 0 Å². The third-order valence-electron chi connectivity index (χ3n) is 2.48. The highest BCUT2D eigenvalue weighted by Crippen LogP contribution is 2.33. The number of alkyl halides is 3. The maximum absolute atomic E-state index is 12.4. The average molecular weight is 297 g/mol. The van der Waals surface area contributed by atoms with Crippen molar-refractivity contribution in [1.29, 1.82) is 0 Å². The topological polar surface area (TPSA) is 53.4 Å². The van der Waals surface area contributed by atoms with Crippen LogP contribution in [0.1, 0.15) is 12.5 Å². The molecule has 0 aromatic carbocycles. The van der Waals surface area contributed by atoms with Gasteiger partial charge in [-0.15, -0.1) is 0 Å². The van der Waals surface area contributed by atoms with Crippen molar-refractivity contribution in [2.24, 2.45) is 5.92 Å². The van der Waals surface area contributed by atoms with Crippen LogP contribution in [0, 0.1) is 5.92 Å². The lowest BCUT2D eigenvalue weighted by molar-refractivity contribution is -0.140. The molecule has 8 heteroatoms. The Morgan fingerprint density at radius 3 is 2.58 bits per heavy atom. The second kappa shape index (κ2) is 5.64. The second-order valence-corrected chi connectivity index (χ2v) is 4.55. The summed E-state index contributed by atoms with van der Waals surface area (Å²) in [7, 11) is 1.51. The van der Waals surface area contributed by atoms with E-state index in [4.69, 9.17) is 16.7 Å². The fourth-order valence-corrected chi connectivity index (χ4v) is 1.75. The van der Waals surface area contributed by atoms with Crippen molar-refractivity contribution in [1.82, 2.24) is 4.98 Å². The molecule has 1 aromatic rings. The lowest BCUT2D eigenvalue weighted by Gasteiger charge is -2.21. The van der Waals surface area contributed by atoms with Gasteiger partial charge in [-0.05, 0) is 6.07 Å². The number of hydrogen-bond donors (Lipinski definition) is 1. The molecule has 0 aliphatic rings. The zero-order valence-electron chi connectivity index (χ0n) is 10.2. The number of hydrogen-bond acceptors (Lipinski definition) is 3. The molecule has 0 aliphatic carbocycles. The van der Waals surface area contributed by atoms with Crippen LogP contribution in [-0.2, 0) is 11.0 Å². The van der Waals surface area contributed by atoms with E-state index in [1.807, 2.05) is 0 Å². The molecule has 4 nitrogen and oxygen atoms in total. The van der Waals surface area contributed by atoms with Crippen molar-refractivity contribution in [2.75, 3.05) is 18.5 Å². The van der Waals surface area contributed by atoms with Crippen LogP contribution in [0.5, 0.6) is 0 Å². The number of carbonyl (C=O) groups is 1. The van der Waals surface area contributed by atoms with Gasteiger partial charge in [-0.25, -0.2) is 4.98 Å². The minimum atomic E-state index is -4.51. The number of nitrogens with zero attached hydrogens (tertiary/aromatic N) is 2. The smallest absolute Gasteiger partial charge is 0.417 e. The number of rotatable bonds is 4. The van der Waals surface area contributed by atoms with Crippen LogP contribution in [0.4, 0.5) is 19.0 Å². The van der Waals surface area contributed by atoms with E-state index in [1.165, 1.54) is 18.9 Å². The van der Waals surface area contributed by atoms with Crippen molar-refractivity contribution in [3.05, 3.63) is 22.8 Å². The Morgan fingerprint density at radius 2 is 2.16 bits per heavy atom. The summed E-state index contributed by atoms with van der Waals surface area (Å²) >= 11 is 5.74. The van der Waals surface area contributed by atoms with Gasteiger partial charge in [-0.2, -0.15) is 13.2 Å². The number of carboxylic acid groups (broad SMARTS) is 1. The first-order valence-corrected chi connectivity index (χ1v) is 5.67. The minimum Gasteiger partial charge on any atom is -0.481 e. The van der Waals surface area contributed by atoms with Gasteiger partial charge < -0.3 is 10.0 Å². The predicted molar refractivity (Wildman–Crippen MR) is 64.3 cm³/mol. The first-order chi connectivity index (χ1) is 8.62. The van der Waals surface area contributed by atoms with Crippen molar-refractivity contribution in [3.8, 4) is 0 Å². The fraction of sp³-hybridized carbons (Fsp3) is 0.455.